The third-order valence-electron chi connectivity index (χ3n) is 4.46. The van der Waals surface area contributed by atoms with Crippen molar-refractivity contribution in [2.75, 3.05) is 12.4 Å². The van der Waals surface area contributed by atoms with E-state index in [2.05, 4.69) is 10.3 Å². The zero-order valence-electron chi connectivity index (χ0n) is 15.7. The molecule has 6 nitrogen and oxygen atoms in total. The second-order valence-electron chi connectivity index (χ2n) is 6.41. The number of hydrogen-bond acceptors (Lipinski definition) is 5. The number of fused-ring (bicyclic) bond motifs is 1. The monoisotopic (exact) mass is 427 g/mol. The lowest BCUT2D eigenvalue weighted by atomic mass is 10.1. The van der Waals surface area contributed by atoms with Crippen molar-refractivity contribution in [1.29, 1.82) is 0 Å². The number of carbonyl (C=O) groups is 1. The van der Waals surface area contributed by atoms with E-state index < -0.39 is 17.5 Å². The highest BCUT2D eigenvalue weighted by atomic mass is 32.1. The minimum atomic E-state index is -0.770. The van der Waals surface area contributed by atoms with Crippen LogP contribution in [0.3, 0.4) is 0 Å². The van der Waals surface area contributed by atoms with Gasteiger partial charge in [-0.3, -0.25) is 14.2 Å². The van der Waals surface area contributed by atoms with Crippen molar-refractivity contribution >= 4 is 33.1 Å². The average molecular weight is 427 g/mol. The Morgan fingerprint density at radius 3 is 2.70 bits per heavy atom. The Morgan fingerprint density at radius 2 is 1.97 bits per heavy atom. The molecule has 0 aliphatic carbocycles. The molecule has 0 aliphatic rings. The topological polar surface area (TPSA) is 73.2 Å². The number of carbonyl (C=O) groups excluding carboxylic acids is 1. The van der Waals surface area contributed by atoms with Gasteiger partial charge in [0.25, 0.3) is 5.56 Å². The molecule has 0 saturated heterocycles. The Kier molecular flexibility index (Phi) is 5.28. The number of nitrogens with zero attached hydrogens (tertiary/aromatic N) is 2. The van der Waals surface area contributed by atoms with Gasteiger partial charge in [-0.25, -0.2) is 13.8 Å². The predicted molar refractivity (Wildman–Crippen MR) is 111 cm³/mol. The maximum Gasteiger partial charge on any atom is 0.271 e. The number of methoxy groups -OCH3 is 1. The minimum Gasteiger partial charge on any atom is -0.497 e. The molecule has 0 unspecified atom stereocenters. The van der Waals surface area contributed by atoms with Crippen LogP contribution < -0.4 is 15.6 Å². The Morgan fingerprint density at radius 1 is 1.20 bits per heavy atom. The van der Waals surface area contributed by atoms with Crippen LogP contribution in [0.4, 0.5) is 14.5 Å². The van der Waals surface area contributed by atoms with Crippen molar-refractivity contribution in [2.45, 2.75) is 6.54 Å². The van der Waals surface area contributed by atoms with Crippen LogP contribution in [0.1, 0.15) is 0 Å². The molecule has 0 saturated carbocycles. The molecular formula is C21H15F2N3O3S. The Labute approximate surface area is 173 Å². The first-order valence-corrected chi connectivity index (χ1v) is 9.70. The molecule has 1 amide bonds. The summed E-state index contributed by atoms with van der Waals surface area (Å²) in [7, 11) is 1.58. The number of anilines is 1. The summed E-state index contributed by atoms with van der Waals surface area (Å²) < 4.78 is 33.6. The maximum atomic E-state index is 13.7. The number of benzene rings is 2. The van der Waals surface area contributed by atoms with Gasteiger partial charge in [-0.1, -0.05) is 12.1 Å². The zero-order valence-corrected chi connectivity index (χ0v) is 16.5. The molecule has 30 heavy (non-hydrogen) atoms. The molecule has 152 valence electrons. The van der Waals surface area contributed by atoms with Crippen LogP contribution in [0.15, 0.2) is 59.0 Å². The molecule has 0 atom stereocenters. The molecule has 0 radical (unpaired) electrons. The second kappa shape index (κ2) is 8.03. The van der Waals surface area contributed by atoms with Crippen molar-refractivity contribution in [3.8, 4) is 16.9 Å². The molecule has 2 aromatic heterocycles. The van der Waals surface area contributed by atoms with E-state index in [1.54, 1.807) is 7.11 Å². The van der Waals surface area contributed by atoms with Gasteiger partial charge in [0.1, 0.15) is 28.6 Å². The molecule has 0 bridgehead atoms. The van der Waals surface area contributed by atoms with Gasteiger partial charge in [-0.15, -0.1) is 11.3 Å². The number of aromatic nitrogens is 2. The number of rotatable bonds is 5. The summed E-state index contributed by atoms with van der Waals surface area (Å²) in [4.78, 5) is 29.3. The molecule has 9 heteroatoms. The van der Waals surface area contributed by atoms with Crippen molar-refractivity contribution in [1.82, 2.24) is 9.55 Å². The van der Waals surface area contributed by atoms with E-state index in [1.807, 2.05) is 29.6 Å². The van der Waals surface area contributed by atoms with Crippen LogP contribution in [0.2, 0.25) is 0 Å². The normalized spacial score (nSPS) is 10.9. The van der Waals surface area contributed by atoms with Crippen molar-refractivity contribution < 1.29 is 18.3 Å². The Hall–Kier alpha value is -3.59. The summed E-state index contributed by atoms with van der Waals surface area (Å²) in [6, 6.07) is 10.1. The highest BCUT2D eigenvalue weighted by molar-refractivity contribution is 7.17. The highest BCUT2D eigenvalue weighted by Gasteiger charge is 2.15. The SMILES string of the molecule is COc1ccc(-c2csc3c(=O)n(CC(=O)Nc4cc(F)ccc4F)cnc23)cc1. The molecule has 0 spiro atoms. The van der Waals surface area contributed by atoms with Crippen LogP contribution in [-0.4, -0.2) is 22.6 Å². The number of nitrogens with one attached hydrogen (secondary N) is 1. The van der Waals surface area contributed by atoms with Crippen molar-refractivity contribution in [3.05, 3.63) is 76.2 Å². The molecule has 2 aromatic carbocycles. The highest BCUT2D eigenvalue weighted by Crippen LogP contribution is 2.31. The number of hydrogen-bond donors (Lipinski definition) is 1. The van der Waals surface area contributed by atoms with Gasteiger partial charge in [-0.05, 0) is 29.8 Å². The first-order valence-electron chi connectivity index (χ1n) is 8.82. The number of thiophene rings is 1. The lowest BCUT2D eigenvalue weighted by Gasteiger charge is -2.08. The average Bonchev–Trinajstić information content (AvgIpc) is 3.18. The van der Waals surface area contributed by atoms with Gasteiger partial charge in [0, 0.05) is 17.0 Å². The van der Waals surface area contributed by atoms with Gasteiger partial charge in [0.15, 0.2) is 0 Å². The summed E-state index contributed by atoms with van der Waals surface area (Å²) in [6.07, 6.45) is 1.27. The standard InChI is InChI=1S/C21H15F2N3O3S/c1-29-14-5-2-12(3-6-14)15-10-30-20-19(15)24-11-26(21(20)28)9-18(27)25-17-8-13(22)4-7-16(17)23/h2-8,10-11H,9H2,1H3,(H,25,27). The summed E-state index contributed by atoms with van der Waals surface area (Å²) in [5.41, 5.74) is 1.53. The summed E-state index contributed by atoms with van der Waals surface area (Å²) in [6.45, 7) is -0.381. The van der Waals surface area contributed by atoms with Crippen LogP contribution in [0.5, 0.6) is 5.75 Å². The molecule has 4 aromatic rings. The lowest BCUT2D eigenvalue weighted by molar-refractivity contribution is -0.116. The molecule has 0 aliphatic heterocycles. The van der Waals surface area contributed by atoms with Crippen LogP contribution in [0.25, 0.3) is 21.3 Å². The quantitative estimate of drug-likeness (QED) is 0.522. The third-order valence-corrected chi connectivity index (χ3v) is 5.42. The van der Waals surface area contributed by atoms with Gasteiger partial charge in [0.2, 0.25) is 5.91 Å². The molecule has 4 rings (SSSR count). The molecular weight excluding hydrogens is 412 g/mol. The van der Waals surface area contributed by atoms with E-state index in [4.69, 9.17) is 4.74 Å². The fourth-order valence-corrected chi connectivity index (χ4v) is 3.94. The predicted octanol–water partition coefficient (Wildman–Crippen LogP) is 4.05. The van der Waals surface area contributed by atoms with Crippen LogP contribution in [0, 0.1) is 11.6 Å². The first kappa shape index (κ1) is 19.7. The zero-order chi connectivity index (χ0) is 21.3. The van der Waals surface area contributed by atoms with E-state index in [0.29, 0.717) is 16.0 Å². The van der Waals surface area contributed by atoms with E-state index in [-0.39, 0.29) is 17.8 Å². The van der Waals surface area contributed by atoms with Gasteiger partial charge >= 0.3 is 0 Å². The smallest absolute Gasteiger partial charge is 0.271 e. The van der Waals surface area contributed by atoms with Gasteiger partial charge in [-0.2, -0.15) is 0 Å². The summed E-state index contributed by atoms with van der Waals surface area (Å²) in [5, 5.41) is 4.09. The van der Waals surface area contributed by atoms with E-state index >= 15 is 0 Å². The summed E-state index contributed by atoms with van der Waals surface area (Å²) in [5.74, 6) is -1.41. The molecule has 0 fully saturated rings. The molecule has 2 heterocycles. The third kappa shape index (κ3) is 3.79. The van der Waals surface area contributed by atoms with Crippen molar-refractivity contribution in [2.24, 2.45) is 0 Å². The van der Waals surface area contributed by atoms with E-state index in [0.717, 1.165) is 33.9 Å². The fourth-order valence-electron chi connectivity index (χ4n) is 2.97. The number of amides is 1. The largest absolute Gasteiger partial charge is 0.497 e. The van der Waals surface area contributed by atoms with E-state index in [9.17, 15) is 18.4 Å². The lowest BCUT2D eigenvalue weighted by Crippen LogP contribution is -2.27. The Bertz CT molecular complexity index is 1300. The first-order chi connectivity index (χ1) is 14.5. The van der Waals surface area contributed by atoms with Crippen molar-refractivity contribution in [3.63, 3.8) is 0 Å². The van der Waals surface area contributed by atoms with Gasteiger partial charge in [0.05, 0.1) is 24.6 Å². The minimum absolute atomic E-state index is 0.292. The van der Waals surface area contributed by atoms with Crippen LogP contribution >= 0.6 is 11.3 Å². The maximum absolute atomic E-state index is 13.7. The van der Waals surface area contributed by atoms with Gasteiger partial charge < -0.3 is 10.1 Å². The van der Waals surface area contributed by atoms with Crippen LogP contribution in [-0.2, 0) is 11.3 Å². The fraction of sp³-hybridized carbons (Fsp3) is 0.0952. The Balaban J connectivity index is 1.60. The summed E-state index contributed by atoms with van der Waals surface area (Å²) >= 11 is 1.23. The number of halogens is 2. The molecule has 1 N–H and O–H groups in total. The number of ether oxygens (including phenoxy) is 1. The van der Waals surface area contributed by atoms with E-state index in [1.165, 1.54) is 17.7 Å². The second-order valence-corrected chi connectivity index (χ2v) is 7.29.